The van der Waals surface area contributed by atoms with Crippen molar-refractivity contribution in [3.63, 3.8) is 0 Å². The SMILES string of the molecule is O=S(=O)(NCCCOCCCl)c1c(Cl)cc(Br)cc1Cl. The predicted molar refractivity (Wildman–Crippen MR) is 85.5 cm³/mol. The molecule has 0 aliphatic carbocycles. The standard InChI is InChI=1S/C11H13BrCl3NO3S/c12-8-6-9(14)11(10(15)7-8)20(17,18)16-3-1-4-19-5-2-13/h6-7,16H,1-5H2. The van der Waals surface area contributed by atoms with E-state index in [1.807, 2.05) is 0 Å². The molecule has 0 spiro atoms. The molecule has 1 aromatic carbocycles. The molecular weight excluding hydrogens is 412 g/mol. The molecule has 0 heterocycles. The van der Waals surface area contributed by atoms with Crippen molar-refractivity contribution in [2.75, 3.05) is 25.6 Å². The Labute approximate surface area is 141 Å². The zero-order valence-electron chi connectivity index (χ0n) is 10.3. The maximum atomic E-state index is 12.1. The van der Waals surface area contributed by atoms with E-state index in [0.717, 1.165) is 0 Å². The van der Waals surface area contributed by atoms with E-state index < -0.39 is 10.0 Å². The van der Waals surface area contributed by atoms with Crippen LogP contribution in [0, 0.1) is 0 Å². The Balaban J connectivity index is 2.66. The van der Waals surface area contributed by atoms with Gasteiger partial charge in [-0.05, 0) is 18.6 Å². The maximum Gasteiger partial charge on any atom is 0.243 e. The number of sulfonamides is 1. The van der Waals surface area contributed by atoms with Crippen molar-refractivity contribution in [2.45, 2.75) is 11.3 Å². The molecule has 0 aromatic heterocycles. The van der Waals surface area contributed by atoms with Crippen molar-refractivity contribution < 1.29 is 13.2 Å². The fourth-order valence-electron chi connectivity index (χ4n) is 1.40. The van der Waals surface area contributed by atoms with E-state index in [2.05, 4.69) is 20.7 Å². The number of halogens is 4. The summed E-state index contributed by atoms with van der Waals surface area (Å²) in [6.07, 6.45) is 0.530. The molecule has 0 fully saturated rings. The smallest absolute Gasteiger partial charge is 0.243 e. The summed E-state index contributed by atoms with van der Waals surface area (Å²) in [5, 5.41) is 0.130. The van der Waals surface area contributed by atoms with E-state index >= 15 is 0 Å². The topological polar surface area (TPSA) is 55.4 Å². The van der Waals surface area contributed by atoms with Crippen LogP contribution in [0.15, 0.2) is 21.5 Å². The van der Waals surface area contributed by atoms with Crippen LogP contribution in [0.25, 0.3) is 0 Å². The lowest BCUT2D eigenvalue weighted by atomic mass is 10.4. The molecule has 0 radical (unpaired) electrons. The Kier molecular flexibility index (Phi) is 8.12. The van der Waals surface area contributed by atoms with Crippen molar-refractivity contribution in [1.82, 2.24) is 4.72 Å². The monoisotopic (exact) mass is 423 g/mol. The molecule has 0 aliphatic heterocycles. The van der Waals surface area contributed by atoms with Gasteiger partial charge in [0.25, 0.3) is 0 Å². The van der Waals surface area contributed by atoms with E-state index in [9.17, 15) is 8.42 Å². The average molecular weight is 426 g/mol. The van der Waals surface area contributed by atoms with Crippen LogP contribution in [0.5, 0.6) is 0 Å². The van der Waals surface area contributed by atoms with Crippen molar-refractivity contribution in [3.05, 3.63) is 26.7 Å². The molecule has 9 heteroatoms. The second-order valence-electron chi connectivity index (χ2n) is 3.75. The molecular formula is C11H13BrCl3NO3S. The van der Waals surface area contributed by atoms with E-state index in [0.29, 0.717) is 30.0 Å². The molecule has 1 aromatic rings. The highest BCUT2D eigenvalue weighted by Crippen LogP contribution is 2.32. The van der Waals surface area contributed by atoms with Crippen LogP contribution < -0.4 is 4.72 Å². The van der Waals surface area contributed by atoms with Crippen molar-refractivity contribution in [1.29, 1.82) is 0 Å². The van der Waals surface area contributed by atoms with Gasteiger partial charge in [0.1, 0.15) is 4.90 Å². The highest BCUT2D eigenvalue weighted by Gasteiger charge is 2.21. The van der Waals surface area contributed by atoms with Crippen LogP contribution in [0.2, 0.25) is 10.0 Å². The Morgan fingerprint density at radius 1 is 1.20 bits per heavy atom. The van der Waals surface area contributed by atoms with Crippen LogP contribution in [0.1, 0.15) is 6.42 Å². The highest BCUT2D eigenvalue weighted by molar-refractivity contribution is 9.10. The van der Waals surface area contributed by atoms with Gasteiger partial charge in [-0.15, -0.1) is 11.6 Å². The van der Waals surface area contributed by atoms with Crippen molar-refractivity contribution in [2.24, 2.45) is 0 Å². The third-order valence-electron chi connectivity index (χ3n) is 2.21. The molecule has 1 rings (SSSR count). The van der Waals surface area contributed by atoms with E-state index in [4.69, 9.17) is 39.5 Å². The first-order chi connectivity index (χ1) is 9.38. The zero-order valence-corrected chi connectivity index (χ0v) is 15.0. The predicted octanol–water partition coefficient (Wildman–Crippen LogP) is 3.68. The quantitative estimate of drug-likeness (QED) is 0.511. The molecule has 20 heavy (non-hydrogen) atoms. The number of nitrogens with one attached hydrogen (secondary N) is 1. The summed E-state index contributed by atoms with van der Waals surface area (Å²) in [5.41, 5.74) is 0. The minimum absolute atomic E-state index is 0.0651. The first-order valence-electron chi connectivity index (χ1n) is 5.66. The summed E-state index contributed by atoms with van der Waals surface area (Å²) >= 11 is 20.5. The van der Waals surface area contributed by atoms with Crippen LogP contribution in [-0.2, 0) is 14.8 Å². The second kappa shape index (κ2) is 8.78. The molecule has 0 saturated heterocycles. The third-order valence-corrected chi connectivity index (χ3v) is 5.20. The Morgan fingerprint density at radius 3 is 2.35 bits per heavy atom. The molecule has 1 N–H and O–H groups in total. The summed E-state index contributed by atoms with van der Waals surface area (Å²) in [7, 11) is -3.75. The lowest BCUT2D eigenvalue weighted by Crippen LogP contribution is -2.26. The van der Waals surface area contributed by atoms with Gasteiger partial charge in [0.2, 0.25) is 10.0 Å². The molecule has 0 aliphatic rings. The summed E-state index contributed by atoms with van der Waals surface area (Å²) in [6.45, 7) is 1.10. The molecule has 0 amide bonds. The zero-order chi connectivity index (χ0) is 15.2. The largest absolute Gasteiger partial charge is 0.380 e. The van der Waals surface area contributed by atoms with E-state index in [1.165, 1.54) is 12.1 Å². The number of rotatable bonds is 8. The summed E-state index contributed by atoms with van der Waals surface area (Å²) < 4.78 is 32.4. The molecule has 0 saturated carbocycles. The van der Waals surface area contributed by atoms with Gasteiger partial charge in [0.05, 0.1) is 16.7 Å². The molecule has 0 bridgehead atoms. The summed E-state index contributed by atoms with van der Waals surface area (Å²) in [6, 6.07) is 2.96. The van der Waals surface area contributed by atoms with Gasteiger partial charge >= 0.3 is 0 Å². The Hall–Kier alpha value is 0.440. The van der Waals surface area contributed by atoms with Gasteiger partial charge < -0.3 is 4.74 Å². The van der Waals surface area contributed by atoms with Crippen LogP contribution in [0.4, 0.5) is 0 Å². The summed E-state index contributed by atoms with van der Waals surface area (Å²) in [5.74, 6) is 0.413. The number of ether oxygens (including phenoxy) is 1. The number of benzene rings is 1. The Bertz CT molecular complexity index is 531. The van der Waals surface area contributed by atoms with Crippen molar-refractivity contribution >= 4 is 60.8 Å². The Morgan fingerprint density at radius 2 is 1.80 bits per heavy atom. The lowest BCUT2D eigenvalue weighted by Gasteiger charge is -2.10. The average Bonchev–Trinajstić information content (AvgIpc) is 2.31. The maximum absolute atomic E-state index is 12.1. The first-order valence-corrected chi connectivity index (χ1v) is 9.23. The molecule has 114 valence electrons. The van der Waals surface area contributed by atoms with Gasteiger partial charge in [-0.25, -0.2) is 13.1 Å². The fourth-order valence-corrected chi connectivity index (χ4v) is 4.51. The molecule has 4 nitrogen and oxygen atoms in total. The fraction of sp³-hybridized carbons (Fsp3) is 0.455. The van der Waals surface area contributed by atoms with Crippen LogP contribution >= 0.6 is 50.7 Å². The highest BCUT2D eigenvalue weighted by atomic mass is 79.9. The van der Waals surface area contributed by atoms with Gasteiger partial charge in [-0.1, -0.05) is 39.1 Å². The van der Waals surface area contributed by atoms with Crippen LogP contribution in [-0.4, -0.2) is 34.1 Å². The number of alkyl halides is 1. The molecule has 0 atom stereocenters. The first kappa shape index (κ1) is 18.5. The third kappa shape index (κ3) is 5.67. The minimum atomic E-state index is -3.75. The number of hydrogen-bond acceptors (Lipinski definition) is 3. The normalized spacial score (nSPS) is 11.8. The van der Waals surface area contributed by atoms with Crippen molar-refractivity contribution in [3.8, 4) is 0 Å². The van der Waals surface area contributed by atoms with E-state index in [-0.39, 0.29) is 21.5 Å². The van der Waals surface area contributed by atoms with Gasteiger partial charge in [0.15, 0.2) is 0 Å². The summed E-state index contributed by atoms with van der Waals surface area (Å²) in [4.78, 5) is -0.120. The van der Waals surface area contributed by atoms with Gasteiger partial charge in [0, 0.05) is 23.5 Å². The second-order valence-corrected chi connectivity index (χ2v) is 7.56. The number of hydrogen-bond donors (Lipinski definition) is 1. The van der Waals surface area contributed by atoms with Gasteiger partial charge in [-0.3, -0.25) is 0 Å². The molecule has 0 unspecified atom stereocenters. The van der Waals surface area contributed by atoms with E-state index in [1.54, 1.807) is 0 Å². The van der Waals surface area contributed by atoms with Gasteiger partial charge in [-0.2, -0.15) is 0 Å². The minimum Gasteiger partial charge on any atom is -0.380 e. The lowest BCUT2D eigenvalue weighted by molar-refractivity contribution is 0.147. The van der Waals surface area contributed by atoms with Crippen LogP contribution in [0.3, 0.4) is 0 Å².